The molecule has 21 heteroatoms. The fourth-order valence-electron chi connectivity index (χ4n) is 10.7. The van der Waals surface area contributed by atoms with E-state index in [9.17, 15) is 35.7 Å². The van der Waals surface area contributed by atoms with Gasteiger partial charge in [0.15, 0.2) is 43.5 Å². The van der Waals surface area contributed by atoms with Crippen molar-refractivity contribution in [3.8, 4) is 40.2 Å². The molecular weight excluding hydrogens is 1540 g/mol. The minimum absolute atomic E-state index is 0. The van der Waals surface area contributed by atoms with Gasteiger partial charge in [-0.15, -0.1) is 0 Å². The predicted octanol–water partition coefficient (Wildman–Crippen LogP) is 8.70. The molecule has 14 radical (unpaired) electrons. The molecule has 14 aromatic carbocycles. The van der Waals surface area contributed by atoms with Gasteiger partial charge in [-0.25, -0.2) is 34.9 Å². The monoisotopic (exact) mass is 1670 g/mol. The van der Waals surface area contributed by atoms with E-state index in [-0.39, 0.29) is 224 Å². The second kappa shape index (κ2) is 71.5. The van der Waals surface area contributed by atoms with Crippen molar-refractivity contribution in [2.45, 2.75) is 114 Å². The maximum atomic E-state index is 11.5. The molecule has 0 amide bonds. The molecule has 0 saturated heterocycles. The van der Waals surface area contributed by atoms with Gasteiger partial charge in [-0.3, -0.25) is 0 Å². The Labute approximate surface area is 849 Å². The summed E-state index contributed by atoms with van der Waals surface area (Å²) < 4.78 is 0. The zero-order valence-electron chi connectivity index (χ0n) is 72.6. The number of benzene rings is 14. The summed E-state index contributed by atoms with van der Waals surface area (Å²) in [5, 5.41) is 80.2. The summed E-state index contributed by atoms with van der Waals surface area (Å²) in [6.45, 7) is 18.4. The van der Waals surface area contributed by atoms with Crippen LogP contribution in [0, 0.1) is 62.3 Å². The van der Waals surface area contributed by atoms with Crippen molar-refractivity contribution in [3.63, 3.8) is 0 Å². The quantitative estimate of drug-likeness (QED) is 0.0411. The Morgan fingerprint density at radius 3 is 0.789 bits per heavy atom. The Morgan fingerprint density at radius 1 is 0.172 bits per heavy atom. The Hall–Kier alpha value is -10.4. The molecule has 0 spiro atoms. The van der Waals surface area contributed by atoms with Crippen molar-refractivity contribution in [2.75, 3.05) is 0 Å². The van der Waals surface area contributed by atoms with Crippen molar-refractivity contribution in [2.24, 2.45) is 0 Å². The first-order valence-corrected chi connectivity index (χ1v) is 37.1. The molecule has 14 nitrogen and oxygen atoms in total. The van der Waals surface area contributed by atoms with Crippen LogP contribution in [-0.2, 0) is 0 Å². The van der Waals surface area contributed by atoms with Crippen molar-refractivity contribution in [1.82, 2.24) is 0 Å². The summed E-state index contributed by atoms with van der Waals surface area (Å²) in [5.74, 6) is 0.217. The SMILES string of the molecule is C.C.C.C.C.C.C.Cc1ccc(C)c([NH+]=Cc2ccccc2[O-])c1.Cc1ccc([NH+]=Cc2ccccc2[O-])c(C)c1.Cc1ccc([NH+]=Cc2ccccc2[O-])cc1.Cc1cccc([NH+]=Cc2ccccc2[O-])c1.Cc1cccc([NH+]=Cc2ccccc2[O-])c1C.Cc1ccccc1[NH+]=Cc1ccccc1[O-].[Li-].[Li-].[Li-].[Li-].[Li-].[Li-].[Li-].[O-]c1ccccc1C=[NH+]c1ccccc1. The maximum Gasteiger partial charge on any atom is 0.206 e. The second-order valence-corrected chi connectivity index (χ2v) is 26.6. The van der Waals surface area contributed by atoms with E-state index in [1.807, 2.05) is 211 Å². The van der Waals surface area contributed by atoms with E-state index in [1.54, 1.807) is 171 Å². The molecule has 0 unspecified atom stereocenters. The molecule has 0 bridgehead atoms. The van der Waals surface area contributed by atoms with Crippen LogP contribution in [0.15, 0.2) is 328 Å². The first kappa shape index (κ1) is 131. The van der Waals surface area contributed by atoms with E-state index in [1.165, 1.54) is 38.9 Å². The van der Waals surface area contributed by atoms with Crippen molar-refractivity contribution < 1.29 is 70.7 Å². The van der Waals surface area contributed by atoms with Crippen LogP contribution in [0.25, 0.3) is 0 Å². The average molecular weight is 1670 g/mol. The van der Waals surface area contributed by atoms with Crippen molar-refractivity contribution in [1.29, 1.82) is 0 Å². The maximum absolute atomic E-state index is 11.5. The Kier molecular flexibility index (Phi) is 73.0. The van der Waals surface area contributed by atoms with Crippen LogP contribution in [0.4, 0.5) is 39.8 Å². The van der Waals surface area contributed by atoms with Crippen LogP contribution in [0.5, 0.6) is 40.2 Å². The number of nitrogens with one attached hydrogen (secondary N) is 7. The summed E-state index contributed by atoms with van der Waals surface area (Å²) in [6.07, 6.45) is 12.2. The molecule has 0 aliphatic carbocycles. The third kappa shape index (κ3) is 46.5. The molecule has 0 saturated carbocycles. The van der Waals surface area contributed by atoms with E-state index in [0.29, 0.717) is 38.9 Å². The first-order valence-electron chi connectivity index (χ1n) is 37.1. The van der Waals surface area contributed by atoms with E-state index in [0.717, 1.165) is 50.9 Å². The van der Waals surface area contributed by atoms with Crippen LogP contribution in [0.3, 0.4) is 0 Å². The standard InChI is InChI=1S/3C15H15NO.3C14H13NO.C13H11NO.7CH4.7Li/c1-11-6-5-8-14(12(11)2)16-10-13-7-3-4-9-15(13)17;1-11-7-8-14(12(2)9-11)16-10-13-5-3-4-6-15(13)17;1-11-7-8-12(2)14(9-11)16-10-13-5-3-4-6-15(13)17;1-11-6-2-4-8-13(11)15-10-12-7-3-5-9-14(12)16;1-11-5-4-7-13(9-11)15-10-12-6-2-3-8-14(12)16;1-11-6-8-13(9-7-11)15-10-12-4-2-3-5-14(12)16;15-13-9-5-4-6-11(13)10-14-12-7-2-1-3-8-12;;;;;;;;;;;;;;/h3*3-10,17H,1-2H3;3*2-10,16H,1H3;1-10,15H;7*1H4;;;;;;;/q;;;;;;;;;;;;;;7*-1. The zero-order valence-corrected chi connectivity index (χ0v) is 72.6. The summed E-state index contributed by atoms with van der Waals surface area (Å²) in [5.41, 5.74) is 22.5. The summed E-state index contributed by atoms with van der Waals surface area (Å²) in [6, 6.07) is 101. The molecule has 642 valence electrons. The molecule has 0 aliphatic rings. The number of hydrogen-bond donors (Lipinski definition) is 7. The predicted molar refractivity (Wildman–Crippen MR) is 537 cm³/mol. The van der Waals surface area contributed by atoms with Crippen LogP contribution >= 0.6 is 0 Å². The summed E-state index contributed by atoms with van der Waals surface area (Å²) in [4.78, 5) is 22.0. The minimum Gasteiger partial charge on any atom is -1.00 e. The van der Waals surface area contributed by atoms with E-state index in [4.69, 9.17) is 0 Å². The number of aryl methyl sites for hydroxylation is 8. The molecule has 0 fully saturated rings. The molecule has 0 atom stereocenters. The van der Waals surface area contributed by atoms with Crippen LogP contribution in [-0.4, -0.2) is 176 Å². The van der Waals surface area contributed by atoms with Gasteiger partial charge in [0, 0.05) is 122 Å². The van der Waals surface area contributed by atoms with Crippen LogP contribution in [0.1, 0.15) is 141 Å². The van der Waals surface area contributed by atoms with Gasteiger partial charge in [0.05, 0.1) is 0 Å². The molecule has 14 aromatic rings. The average Bonchev–Trinajstić information content (AvgIpc) is 0.858. The van der Waals surface area contributed by atoms with Gasteiger partial charge < -0.3 is 168 Å². The fraction of sp³-hybridized carbons (Fsp3) is 0.150. The fourth-order valence-corrected chi connectivity index (χ4v) is 10.7. The Balaban J connectivity index is -0.000000262. The van der Waals surface area contributed by atoms with Gasteiger partial charge >= 0.3 is 0 Å². The summed E-state index contributed by atoms with van der Waals surface area (Å²) >= 11 is 0. The van der Waals surface area contributed by atoms with Gasteiger partial charge in [0.25, 0.3) is 0 Å². The zero-order chi connectivity index (χ0) is 81.4. The van der Waals surface area contributed by atoms with E-state index < -0.39 is 0 Å². The van der Waals surface area contributed by atoms with E-state index in [2.05, 4.69) is 86.0 Å². The molecular formula is C107H123Li7N7O7-7. The number of para-hydroxylation sites is 9. The van der Waals surface area contributed by atoms with Gasteiger partial charge in [-0.2, -0.15) is 0 Å². The van der Waals surface area contributed by atoms with Gasteiger partial charge in [-0.05, 0) is 128 Å². The third-order valence-corrected chi connectivity index (χ3v) is 17.5. The molecule has 0 aliphatic heterocycles. The van der Waals surface area contributed by atoms with E-state index >= 15 is 0 Å². The number of hydrogen-bond acceptors (Lipinski definition) is 7. The molecule has 14 rings (SSSR count). The molecule has 128 heavy (non-hydrogen) atoms. The summed E-state index contributed by atoms with van der Waals surface area (Å²) in [7, 11) is 0. The van der Waals surface area contributed by atoms with Crippen LogP contribution in [0.2, 0.25) is 0 Å². The van der Waals surface area contributed by atoms with Gasteiger partial charge in [-0.1, -0.05) is 322 Å². The minimum atomic E-state index is 0. The van der Waals surface area contributed by atoms with Crippen molar-refractivity contribution in [3.05, 3.63) is 417 Å². The van der Waals surface area contributed by atoms with Crippen LogP contribution < -0.4 is 70.7 Å². The first-order chi connectivity index (χ1) is 55.2. The Morgan fingerprint density at radius 2 is 0.422 bits per heavy atom. The number of rotatable bonds is 14. The molecule has 0 aromatic heterocycles. The Bertz CT molecular complexity index is 5550. The normalized spacial score (nSPS) is 9.66. The largest absolute Gasteiger partial charge is 1.00 e. The van der Waals surface area contributed by atoms with Gasteiger partial charge in [0.2, 0.25) is 39.8 Å². The third-order valence-electron chi connectivity index (χ3n) is 17.5. The molecule has 7 N–H and O–H groups in total. The molecule has 0 heterocycles. The smallest absolute Gasteiger partial charge is 0.206 e. The van der Waals surface area contributed by atoms with Gasteiger partial charge in [0.1, 0.15) is 0 Å². The topological polar surface area (TPSA) is 259 Å². The second-order valence-electron chi connectivity index (χ2n) is 26.6. The van der Waals surface area contributed by atoms with Crippen molar-refractivity contribution >= 4 is 215 Å².